The predicted molar refractivity (Wildman–Crippen MR) is 109 cm³/mol. The summed E-state index contributed by atoms with van der Waals surface area (Å²) in [6, 6.07) is 5.78. The molecule has 1 amide bonds. The molecule has 0 bridgehead atoms. The molecule has 0 saturated heterocycles. The summed E-state index contributed by atoms with van der Waals surface area (Å²) in [6.45, 7) is 4.94. The molecule has 30 heavy (non-hydrogen) atoms. The van der Waals surface area contributed by atoms with E-state index in [1.807, 2.05) is 0 Å². The number of anilines is 1. The van der Waals surface area contributed by atoms with Crippen LogP contribution in [-0.2, 0) is 6.61 Å². The predicted octanol–water partition coefficient (Wildman–Crippen LogP) is 4.48. The quantitative estimate of drug-likeness (QED) is 0.515. The van der Waals surface area contributed by atoms with Gasteiger partial charge in [0, 0.05) is 19.0 Å². The number of Topliss-reactive ketones (excluding diaryl/α,β-unsaturated/α-hetero) is 1. The normalized spacial score (nSPS) is 13.3. The average molecular weight is 429 g/mol. The van der Waals surface area contributed by atoms with Gasteiger partial charge in [-0.05, 0) is 38.8 Å². The van der Waals surface area contributed by atoms with E-state index in [4.69, 9.17) is 9.26 Å². The molecule has 1 saturated carbocycles. The van der Waals surface area contributed by atoms with E-state index >= 15 is 0 Å². The first kappa shape index (κ1) is 20.2. The summed E-state index contributed by atoms with van der Waals surface area (Å²) in [5.41, 5.74) is 1.23. The van der Waals surface area contributed by atoms with Crippen molar-refractivity contribution in [1.82, 2.24) is 10.1 Å². The van der Waals surface area contributed by atoms with Gasteiger partial charge in [-0.25, -0.2) is 9.37 Å². The molecule has 0 spiro atoms. The second-order valence-corrected chi connectivity index (χ2v) is 8.16. The zero-order valence-corrected chi connectivity index (χ0v) is 17.6. The fourth-order valence-electron chi connectivity index (χ4n) is 3.11. The lowest BCUT2D eigenvalue weighted by molar-refractivity contribution is 0.0972. The van der Waals surface area contributed by atoms with Crippen molar-refractivity contribution in [2.45, 2.75) is 46.3 Å². The van der Waals surface area contributed by atoms with E-state index in [1.54, 1.807) is 30.9 Å². The third kappa shape index (κ3) is 3.97. The molecule has 0 aliphatic heterocycles. The summed E-state index contributed by atoms with van der Waals surface area (Å²) < 4.78 is 24.3. The smallest absolute Gasteiger partial charge is 0.282 e. The van der Waals surface area contributed by atoms with Crippen molar-refractivity contribution < 1.29 is 23.2 Å². The molecule has 1 fully saturated rings. The van der Waals surface area contributed by atoms with E-state index in [-0.39, 0.29) is 30.0 Å². The molecule has 0 atom stereocenters. The van der Waals surface area contributed by atoms with Gasteiger partial charge in [-0.15, -0.1) is 0 Å². The molecule has 0 radical (unpaired) electrons. The maximum atomic E-state index is 13.4. The summed E-state index contributed by atoms with van der Waals surface area (Å²) in [6.07, 6.45) is 1.71. The van der Waals surface area contributed by atoms with Gasteiger partial charge in [0.15, 0.2) is 16.6 Å². The Balaban J connectivity index is 1.62. The molecule has 0 unspecified atom stereocenters. The minimum atomic E-state index is -0.411. The van der Waals surface area contributed by atoms with Crippen molar-refractivity contribution in [2.24, 2.45) is 0 Å². The van der Waals surface area contributed by atoms with Gasteiger partial charge >= 0.3 is 0 Å². The highest BCUT2D eigenvalue weighted by Crippen LogP contribution is 2.37. The number of amides is 1. The van der Waals surface area contributed by atoms with E-state index in [9.17, 15) is 14.0 Å². The van der Waals surface area contributed by atoms with Crippen LogP contribution in [-0.4, -0.2) is 27.9 Å². The Morgan fingerprint density at radius 1 is 1.33 bits per heavy atom. The fraction of sp³-hybridized carbons (Fsp3) is 0.333. The fourth-order valence-corrected chi connectivity index (χ4v) is 4.14. The number of benzene rings is 1. The zero-order chi connectivity index (χ0) is 21.4. The molecule has 156 valence electrons. The van der Waals surface area contributed by atoms with Crippen LogP contribution in [0.3, 0.4) is 0 Å². The molecule has 2 aromatic heterocycles. The van der Waals surface area contributed by atoms with Gasteiger partial charge in [-0.2, -0.15) is 0 Å². The highest BCUT2D eigenvalue weighted by Gasteiger charge is 2.39. The molecular formula is C21H20FN3O4S. The molecule has 4 rings (SSSR count). The van der Waals surface area contributed by atoms with E-state index in [1.165, 1.54) is 30.4 Å². The van der Waals surface area contributed by atoms with Crippen LogP contribution in [0.5, 0.6) is 5.75 Å². The topological polar surface area (TPSA) is 85.5 Å². The lowest BCUT2D eigenvalue weighted by atomic mass is 10.2. The van der Waals surface area contributed by atoms with Crippen molar-refractivity contribution in [3.63, 3.8) is 0 Å². The number of aromatic nitrogens is 2. The van der Waals surface area contributed by atoms with E-state index in [0.717, 1.165) is 12.8 Å². The Labute approximate surface area is 176 Å². The number of aryl methyl sites for hydroxylation is 2. The first-order chi connectivity index (χ1) is 14.3. The van der Waals surface area contributed by atoms with Crippen LogP contribution < -0.4 is 9.64 Å². The average Bonchev–Trinajstić information content (AvgIpc) is 3.34. The van der Waals surface area contributed by atoms with Crippen LogP contribution in [0.25, 0.3) is 0 Å². The number of thiazole rings is 1. The Morgan fingerprint density at radius 2 is 2.10 bits per heavy atom. The van der Waals surface area contributed by atoms with Gasteiger partial charge in [0.25, 0.3) is 5.91 Å². The number of ketones is 1. The lowest BCUT2D eigenvalue weighted by Gasteiger charge is -2.18. The van der Waals surface area contributed by atoms with Gasteiger partial charge in [0.05, 0.1) is 16.1 Å². The standard InChI is InChI=1S/C21H20FN3O4S/c1-11-19(12(2)26)30-21(23-11)25(15-7-8-15)20(27)18-17(13(3)29-24-18)10-28-16-6-4-5-14(22)9-16/h4-6,9,15H,7-8,10H2,1-3H3. The lowest BCUT2D eigenvalue weighted by Crippen LogP contribution is -2.34. The Kier molecular flexibility index (Phi) is 5.38. The van der Waals surface area contributed by atoms with E-state index < -0.39 is 5.82 Å². The number of hydrogen-bond donors (Lipinski definition) is 0. The number of hydrogen-bond acceptors (Lipinski definition) is 7. The van der Waals surface area contributed by atoms with Gasteiger partial charge < -0.3 is 9.26 Å². The summed E-state index contributed by atoms with van der Waals surface area (Å²) >= 11 is 1.20. The molecule has 7 nitrogen and oxygen atoms in total. The van der Waals surface area contributed by atoms with Crippen molar-refractivity contribution >= 4 is 28.2 Å². The Morgan fingerprint density at radius 3 is 2.73 bits per heavy atom. The number of halogens is 1. The van der Waals surface area contributed by atoms with Crippen LogP contribution in [0.15, 0.2) is 28.8 Å². The summed E-state index contributed by atoms with van der Waals surface area (Å²) in [5, 5.41) is 4.43. The molecule has 0 N–H and O–H groups in total. The van der Waals surface area contributed by atoms with Crippen LogP contribution in [0.4, 0.5) is 9.52 Å². The third-order valence-corrected chi connectivity index (χ3v) is 6.07. The number of ether oxygens (including phenoxy) is 1. The molecule has 9 heteroatoms. The van der Waals surface area contributed by atoms with Gasteiger partial charge in [0.1, 0.15) is 23.9 Å². The minimum Gasteiger partial charge on any atom is -0.489 e. The van der Waals surface area contributed by atoms with Gasteiger partial charge in [-0.1, -0.05) is 22.6 Å². The molecule has 1 aliphatic rings. The van der Waals surface area contributed by atoms with E-state index in [2.05, 4.69) is 10.1 Å². The third-order valence-electron chi connectivity index (χ3n) is 4.81. The first-order valence-corrected chi connectivity index (χ1v) is 10.3. The first-order valence-electron chi connectivity index (χ1n) is 9.50. The SMILES string of the molecule is CC(=O)c1sc(N(C(=O)c2noc(C)c2COc2cccc(F)c2)C2CC2)nc1C. The van der Waals surface area contributed by atoms with E-state index in [0.29, 0.717) is 32.8 Å². The van der Waals surface area contributed by atoms with Crippen LogP contribution in [0.1, 0.15) is 56.9 Å². The zero-order valence-electron chi connectivity index (χ0n) is 16.8. The Hall–Kier alpha value is -3.07. The maximum Gasteiger partial charge on any atom is 0.282 e. The van der Waals surface area contributed by atoms with Crippen molar-refractivity contribution in [3.8, 4) is 5.75 Å². The molecule has 2 heterocycles. The molecule has 1 aliphatic carbocycles. The van der Waals surface area contributed by atoms with Crippen molar-refractivity contribution in [2.75, 3.05) is 4.90 Å². The van der Waals surface area contributed by atoms with Crippen LogP contribution in [0, 0.1) is 19.7 Å². The second-order valence-electron chi connectivity index (χ2n) is 7.19. The van der Waals surface area contributed by atoms with Crippen LogP contribution >= 0.6 is 11.3 Å². The highest BCUT2D eigenvalue weighted by atomic mass is 32.1. The maximum absolute atomic E-state index is 13.4. The number of carbonyl (C=O) groups excluding carboxylic acids is 2. The van der Waals surface area contributed by atoms with Crippen LogP contribution in [0.2, 0.25) is 0 Å². The van der Waals surface area contributed by atoms with Crippen molar-refractivity contribution in [1.29, 1.82) is 0 Å². The largest absolute Gasteiger partial charge is 0.489 e. The van der Waals surface area contributed by atoms with Gasteiger partial charge in [-0.3, -0.25) is 14.5 Å². The number of rotatable bonds is 7. The monoisotopic (exact) mass is 429 g/mol. The molecule has 1 aromatic carbocycles. The molecular weight excluding hydrogens is 409 g/mol. The summed E-state index contributed by atoms with van der Waals surface area (Å²) in [5.74, 6) is -0.0527. The number of carbonyl (C=O) groups is 2. The molecule has 3 aromatic rings. The summed E-state index contributed by atoms with van der Waals surface area (Å²) in [7, 11) is 0. The van der Waals surface area contributed by atoms with Gasteiger partial charge in [0.2, 0.25) is 0 Å². The number of nitrogens with zero attached hydrogens (tertiary/aromatic N) is 3. The van der Waals surface area contributed by atoms with Crippen molar-refractivity contribution in [3.05, 3.63) is 57.7 Å². The summed E-state index contributed by atoms with van der Waals surface area (Å²) in [4.78, 5) is 31.8. The minimum absolute atomic E-state index is 0.00790. The second kappa shape index (κ2) is 7.98. The highest BCUT2D eigenvalue weighted by molar-refractivity contribution is 7.17. The Bertz CT molecular complexity index is 1120.